The molecule has 0 atom stereocenters. The van der Waals surface area contributed by atoms with E-state index in [9.17, 15) is 4.79 Å². The van der Waals surface area contributed by atoms with Gasteiger partial charge in [-0.1, -0.05) is 6.07 Å². The number of aryl methyl sites for hydroxylation is 1. The van der Waals surface area contributed by atoms with Crippen LogP contribution in [0, 0.1) is 6.92 Å². The number of nitrogens with two attached hydrogens (primary N) is 1. The molecule has 0 bridgehead atoms. The number of aromatic nitrogens is 1. The van der Waals surface area contributed by atoms with Crippen molar-refractivity contribution in [1.29, 1.82) is 0 Å². The topological polar surface area (TPSA) is 59.2 Å². The summed E-state index contributed by atoms with van der Waals surface area (Å²) < 4.78 is 0. The number of carbonyl (C=O) groups is 1. The van der Waals surface area contributed by atoms with Gasteiger partial charge in [0.1, 0.15) is 0 Å². The number of hydrogen-bond acceptors (Lipinski definition) is 3. The van der Waals surface area contributed by atoms with Gasteiger partial charge in [-0.2, -0.15) is 0 Å². The van der Waals surface area contributed by atoms with Crippen LogP contribution in [0.15, 0.2) is 42.7 Å². The fourth-order valence-electron chi connectivity index (χ4n) is 1.97. The average molecular weight is 255 g/mol. The predicted molar refractivity (Wildman–Crippen MR) is 75.6 cm³/mol. The molecule has 0 unspecified atom stereocenters. The van der Waals surface area contributed by atoms with Crippen molar-refractivity contribution in [2.75, 3.05) is 12.8 Å². The van der Waals surface area contributed by atoms with Crippen LogP contribution in [-0.4, -0.2) is 22.8 Å². The summed E-state index contributed by atoms with van der Waals surface area (Å²) in [7, 11) is 1.78. The molecule has 0 aliphatic heterocycles. The summed E-state index contributed by atoms with van der Waals surface area (Å²) in [6.45, 7) is 2.43. The highest BCUT2D eigenvalue weighted by Crippen LogP contribution is 2.15. The summed E-state index contributed by atoms with van der Waals surface area (Å²) >= 11 is 0. The van der Waals surface area contributed by atoms with Gasteiger partial charge in [0, 0.05) is 37.2 Å². The van der Waals surface area contributed by atoms with Crippen LogP contribution in [0.5, 0.6) is 0 Å². The summed E-state index contributed by atoms with van der Waals surface area (Å²) in [5.41, 5.74) is 8.94. The second kappa shape index (κ2) is 5.52. The number of amides is 1. The first-order chi connectivity index (χ1) is 9.08. The van der Waals surface area contributed by atoms with Gasteiger partial charge in [0.05, 0.1) is 0 Å². The van der Waals surface area contributed by atoms with E-state index in [1.165, 1.54) is 0 Å². The van der Waals surface area contributed by atoms with E-state index in [0.29, 0.717) is 17.8 Å². The minimum Gasteiger partial charge on any atom is -0.399 e. The first-order valence-corrected chi connectivity index (χ1v) is 6.08. The van der Waals surface area contributed by atoms with Crippen LogP contribution in [-0.2, 0) is 6.54 Å². The highest BCUT2D eigenvalue weighted by molar-refractivity contribution is 5.95. The molecule has 0 aliphatic carbocycles. The molecule has 2 rings (SSSR count). The van der Waals surface area contributed by atoms with E-state index in [1.807, 2.05) is 25.1 Å². The van der Waals surface area contributed by atoms with Gasteiger partial charge < -0.3 is 10.6 Å². The van der Waals surface area contributed by atoms with Crippen molar-refractivity contribution in [2.24, 2.45) is 0 Å². The van der Waals surface area contributed by atoms with E-state index in [-0.39, 0.29) is 5.91 Å². The Bertz CT molecular complexity index is 581. The van der Waals surface area contributed by atoms with Crippen LogP contribution in [0.25, 0.3) is 0 Å². The third kappa shape index (κ3) is 3.10. The van der Waals surface area contributed by atoms with Crippen molar-refractivity contribution in [1.82, 2.24) is 9.88 Å². The normalized spacial score (nSPS) is 10.2. The van der Waals surface area contributed by atoms with Crippen LogP contribution >= 0.6 is 0 Å². The molecular formula is C15H17N3O. The Kier molecular flexibility index (Phi) is 3.80. The maximum Gasteiger partial charge on any atom is 0.254 e. The molecule has 0 spiro atoms. The molecule has 2 aromatic rings. The van der Waals surface area contributed by atoms with Crippen LogP contribution in [0.3, 0.4) is 0 Å². The fourth-order valence-corrected chi connectivity index (χ4v) is 1.97. The van der Waals surface area contributed by atoms with Crippen molar-refractivity contribution in [3.63, 3.8) is 0 Å². The third-order valence-corrected chi connectivity index (χ3v) is 2.97. The quantitative estimate of drug-likeness (QED) is 0.856. The summed E-state index contributed by atoms with van der Waals surface area (Å²) in [5.74, 6) is -0.0126. The molecule has 0 aliphatic rings. The molecule has 4 heteroatoms. The standard InChI is InChI=1S/C15H17N3O/c1-11-8-13(16)5-6-14(11)15(19)18(2)10-12-4-3-7-17-9-12/h3-9H,10,16H2,1-2H3. The number of nitrogens with zero attached hydrogens (tertiary/aromatic N) is 2. The molecule has 19 heavy (non-hydrogen) atoms. The van der Waals surface area contributed by atoms with E-state index >= 15 is 0 Å². The molecule has 1 heterocycles. The zero-order valence-corrected chi connectivity index (χ0v) is 11.1. The molecule has 1 aromatic carbocycles. The van der Waals surface area contributed by atoms with E-state index in [4.69, 9.17) is 5.73 Å². The number of pyridine rings is 1. The molecule has 0 fully saturated rings. The molecule has 2 N–H and O–H groups in total. The summed E-state index contributed by atoms with van der Waals surface area (Å²) in [6, 6.07) is 9.14. The van der Waals surface area contributed by atoms with Crippen molar-refractivity contribution in [3.05, 3.63) is 59.4 Å². The predicted octanol–water partition coefficient (Wildman–Crippen LogP) is 2.24. The van der Waals surface area contributed by atoms with E-state index < -0.39 is 0 Å². The largest absolute Gasteiger partial charge is 0.399 e. The summed E-state index contributed by atoms with van der Waals surface area (Å²) in [4.78, 5) is 18.1. The van der Waals surface area contributed by atoms with E-state index in [2.05, 4.69) is 4.98 Å². The number of benzene rings is 1. The Morgan fingerprint density at radius 2 is 2.16 bits per heavy atom. The van der Waals surface area contributed by atoms with Gasteiger partial charge in [0.15, 0.2) is 0 Å². The number of rotatable bonds is 3. The van der Waals surface area contributed by atoms with Crippen molar-refractivity contribution in [3.8, 4) is 0 Å². The minimum absolute atomic E-state index is 0.0126. The van der Waals surface area contributed by atoms with Crippen molar-refractivity contribution in [2.45, 2.75) is 13.5 Å². The molecule has 0 saturated heterocycles. The average Bonchev–Trinajstić information content (AvgIpc) is 2.39. The number of nitrogen functional groups attached to an aromatic ring is 1. The Balaban J connectivity index is 2.15. The SMILES string of the molecule is Cc1cc(N)ccc1C(=O)N(C)Cc1cccnc1. The Morgan fingerprint density at radius 3 is 2.79 bits per heavy atom. The van der Waals surface area contributed by atoms with Crippen LogP contribution < -0.4 is 5.73 Å². The molecule has 0 radical (unpaired) electrons. The van der Waals surface area contributed by atoms with E-state index in [0.717, 1.165) is 11.1 Å². The van der Waals surface area contributed by atoms with Gasteiger partial charge in [-0.25, -0.2) is 0 Å². The van der Waals surface area contributed by atoms with Gasteiger partial charge in [-0.05, 0) is 42.3 Å². The number of anilines is 1. The highest BCUT2D eigenvalue weighted by Gasteiger charge is 2.14. The van der Waals surface area contributed by atoms with Gasteiger partial charge in [0.2, 0.25) is 0 Å². The fraction of sp³-hybridized carbons (Fsp3) is 0.200. The first kappa shape index (κ1) is 13.1. The number of carbonyl (C=O) groups excluding carboxylic acids is 1. The molecule has 4 nitrogen and oxygen atoms in total. The third-order valence-electron chi connectivity index (χ3n) is 2.97. The maximum absolute atomic E-state index is 12.3. The maximum atomic E-state index is 12.3. The van der Waals surface area contributed by atoms with Crippen LogP contribution in [0.4, 0.5) is 5.69 Å². The second-order valence-corrected chi connectivity index (χ2v) is 4.60. The lowest BCUT2D eigenvalue weighted by molar-refractivity contribution is 0.0784. The Hall–Kier alpha value is -2.36. The Labute approximate surface area is 112 Å². The highest BCUT2D eigenvalue weighted by atomic mass is 16.2. The monoisotopic (exact) mass is 255 g/mol. The van der Waals surface area contributed by atoms with Crippen molar-refractivity contribution < 1.29 is 4.79 Å². The minimum atomic E-state index is -0.0126. The number of hydrogen-bond donors (Lipinski definition) is 1. The van der Waals surface area contributed by atoms with Gasteiger partial charge in [-0.3, -0.25) is 9.78 Å². The second-order valence-electron chi connectivity index (χ2n) is 4.60. The van der Waals surface area contributed by atoms with Crippen LogP contribution in [0.1, 0.15) is 21.5 Å². The molecule has 98 valence electrons. The van der Waals surface area contributed by atoms with Gasteiger partial charge in [-0.15, -0.1) is 0 Å². The van der Waals surface area contributed by atoms with Gasteiger partial charge in [0.25, 0.3) is 5.91 Å². The lowest BCUT2D eigenvalue weighted by Gasteiger charge is -2.18. The summed E-state index contributed by atoms with van der Waals surface area (Å²) in [6.07, 6.45) is 3.48. The van der Waals surface area contributed by atoms with Crippen LogP contribution in [0.2, 0.25) is 0 Å². The molecule has 1 aromatic heterocycles. The lowest BCUT2D eigenvalue weighted by Crippen LogP contribution is -2.26. The zero-order valence-electron chi connectivity index (χ0n) is 11.1. The first-order valence-electron chi connectivity index (χ1n) is 6.08. The van der Waals surface area contributed by atoms with Gasteiger partial charge >= 0.3 is 0 Å². The lowest BCUT2D eigenvalue weighted by atomic mass is 10.1. The molecule has 1 amide bonds. The van der Waals surface area contributed by atoms with Crippen molar-refractivity contribution >= 4 is 11.6 Å². The molecular weight excluding hydrogens is 238 g/mol. The smallest absolute Gasteiger partial charge is 0.254 e. The molecule has 0 saturated carbocycles. The zero-order chi connectivity index (χ0) is 13.8. The Morgan fingerprint density at radius 1 is 1.37 bits per heavy atom. The van der Waals surface area contributed by atoms with E-state index in [1.54, 1.807) is 36.5 Å². The summed E-state index contributed by atoms with van der Waals surface area (Å²) in [5, 5.41) is 0.